The number of amides is 1. The number of benzene rings is 2. The normalized spacial score (nSPS) is 15.4. The first-order chi connectivity index (χ1) is 14.4. The van der Waals surface area contributed by atoms with E-state index in [-0.39, 0.29) is 17.4 Å². The van der Waals surface area contributed by atoms with Gasteiger partial charge in [0.15, 0.2) is 0 Å². The van der Waals surface area contributed by atoms with Crippen LogP contribution in [0.1, 0.15) is 59.6 Å². The van der Waals surface area contributed by atoms with Gasteiger partial charge in [0.25, 0.3) is 5.91 Å². The maximum atomic E-state index is 12.8. The molecule has 0 saturated carbocycles. The van der Waals surface area contributed by atoms with Crippen molar-refractivity contribution >= 4 is 5.91 Å². The van der Waals surface area contributed by atoms with E-state index in [1.165, 1.54) is 16.7 Å². The Labute approximate surface area is 178 Å². The predicted octanol–water partition coefficient (Wildman–Crippen LogP) is 5.11. The van der Waals surface area contributed by atoms with Gasteiger partial charge in [0.2, 0.25) is 0 Å². The first kappa shape index (κ1) is 20.4. The molecule has 1 aliphatic heterocycles. The van der Waals surface area contributed by atoms with Crippen LogP contribution in [0.25, 0.3) is 0 Å². The monoisotopic (exact) mass is 402 g/mol. The van der Waals surface area contributed by atoms with Crippen LogP contribution in [0, 0.1) is 0 Å². The Balaban J connectivity index is 1.46. The maximum absolute atomic E-state index is 12.8. The summed E-state index contributed by atoms with van der Waals surface area (Å²) in [4.78, 5) is 15.2. The quantitative estimate of drug-likeness (QED) is 0.645. The summed E-state index contributed by atoms with van der Waals surface area (Å²) in [5.74, 6) is 0.835. The van der Waals surface area contributed by atoms with Crippen LogP contribution in [0.4, 0.5) is 0 Å². The van der Waals surface area contributed by atoms with Crippen LogP contribution < -0.4 is 5.32 Å². The Morgan fingerprint density at radius 1 is 1.03 bits per heavy atom. The molecule has 0 bridgehead atoms. The third-order valence-electron chi connectivity index (χ3n) is 5.94. The van der Waals surface area contributed by atoms with Crippen LogP contribution in [0.3, 0.4) is 0 Å². The summed E-state index contributed by atoms with van der Waals surface area (Å²) in [6, 6.07) is 20.4. The lowest BCUT2D eigenvalue weighted by Gasteiger charge is -2.34. The standard InChI is InChI=1S/C26H30N2O2/c1-26(2,3)22-12-10-20(11-13-22)25(29)27-17-23(24-9-6-16-30-24)28-15-14-19-7-4-5-8-21(19)18-28/h4-13,16,23H,14-15,17-18H2,1-3H3,(H,27,29)/t23-/m0/s1. The van der Waals surface area contributed by atoms with Crippen molar-refractivity contribution in [2.24, 2.45) is 0 Å². The van der Waals surface area contributed by atoms with Crippen LogP contribution in [-0.2, 0) is 18.4 Å². The van der Waals surface area contributed by atoms with Crippen molar-refractivity contribution in [2.75, 3.05) is 13.1 Å². The average Bonchev–Trinajstić information content (AvgIpc) is 3.27. The number of hydrogen-bond acceptors (Lipinski definition) is 3. The molecular formula is C26H30N2O2. The number of nitrogens with zero attached hydrogens (tertiary/aromatic N) is 1. The van der Waals surface area contributed by atoms with E-state index >= 15 is 0 Å². The first-order valence-electron chi connectivity index (χ1n) is 10.6. The van der Waals surface area contributed by atoms with Crippen molar-refractivity contribution in [3.8, 4) is 0 Å². The Morgan fingerprint density at radius 3 is 2.43 bits per heavy atom. The molecule has 1 aliphatic rings. The molecule has 3 aromatic rings. The van der Waals surface area contributed by atoms with Gasteiger partial charge in [-0.15, -0.1) is 0 Å². The summed E-state index contributed by atoms with van der Waals surface area (Å²) in [5, 5.41) is 3.13. The van der Waals surface area contributed by atoms with E-state index < -0.39 is 0 Å². The van der Waals surface area contributed by atoms with Crippen LogP contribution in [0.15, 0.2) is 71.3 Å². The zero-order chi connectivity index (χ0) is 21.1. The molecule has 0 fully saturated rings. The number of nitrogens with one attached hydrogen (secondary N) is 1. The molecule has 30 heavy (non-hydrogen) atoms. The van der Waals surface area contributed by atoms with Gasteiger partial charge in [0.1, 0.15) is 5.76 Å². The molecule has 156 valence electrons. The fourth-order valence-electron chi connectivity index (χ4n) is 4.09. The van der Waals surface area contributed by atoms with Crippen LogP contribution >= 0.6 is 0 Å². The third kappa shape index (κ3) is 4.49. The van der Waals surface area contributed by atoms with Gasteiger partial charge >= 0.3 is 0 Å². The Hall–Kier alpha value is -2.85. The molecule has 1 aromatic heterocycles. The summed E-state index contributed by atoms with van der Waals surface area (Å²) in [7, 11) is 0. The molecule has 4 heteroatoms. The van der Waals surface area contributed by atoms with E-state index in [4.69, 9.17) is 4.42 Å². The highest BCUT2D eigenvalue weighted by molar-refractivity contribution is 5.94. The second-order valence-electron chi connectivity index (χ2n) is 9.06. The van der Waals surface area contributed by atoms with E-state index in [2.05, 4.69) is 55.3 Å². The molecule has 0 spiro atoms. The van der Waals surface area contributed by atoms with Crippen molar-refractivity contribution in [3.05, 3.63) is 94.9 Å². The molecule has 1 amide bonds. The highest BCUT2D eigenvalue weighted by Crippen LogP contribution is 2.28. The first-order valence-corrected chi connectivity index (χ1v) is 10.6. The molecule has 0 unspecified atom stereocenters. The zero-order valence-corrected chi connectivity index (χ0v) is 18.0. The predicted molar refractivity (Wildman–Crippen MR) is 119 cm³/mol. The molecule has 1 N–H and O–H groups in total. The largest absolute Gasteiger partial charge is 0.468 e. The molecule has 0 saturated heterocycles. The third-order valence-corrected chi connectivity index (χ3v) is 5.94. The fourth-order valence-corrected chi connectivity index (χ4v) is 4.09. The molecule has 2 aromatic carbocycles. The second-order valence-corrected chi connectivity index (χ2v) is 9.06. The molecule has 2 heterocycles. The summed E-state index contributed by atoms with van der Waals surface area (Å²) in [6.07, 6.45) is 2.71. The van der Waals surface area contributed by atoms with E-state index in [0.29, 0.717) is 12.1 Å². The van der Waals surface area contributed by atoms with Gasteiger partial charge in [-0.2, -0.15) is 0 Å². The summed E-state index contributed by atoms with van der Waals surface area (Å²) in [6.45, 7) is 8.83. The highest BCUT2D eigenvalue weighted by Gasteiger charge is 2.27. The van der Waals surface area contributed by atoms with Crippen molar-refractivity contribution in [2.45, 2.75) is 45.2 Å². The lowest BCUT2D eigenvalue weighted by Crippen LogP contribution is -2.40. The minimum absolute atomic E-state index is 0.00570. The molecule has 4 nitrogen and oxygen atoms in total. The average molecular weight is 403 g/mol. The second kappa shape index (κ2) is 8.49. The number of fused-ring (bicyclic) bond motifs is 1. The number of hydrogen-bond donors (Lipinski definition) is 1. The highest BCUT2D eigenvalue weighted by atomic mass is 16.3. The zero-order valence-electron chi connectivity index (χ0n) is 18.0. The molecule has 4 rings (SSSR count). The van der Waals surface area contributed by atoms with Gasteiger partial charge in [-0.1, -0.05) is 57.2 Å². The van der Waals surface area contributed by atoms with E-state index in [0.717, 1.165) is 25.3 Å². The summed E-state index contributed by atoms with van der Waals surface area (Å²) >= 11 is 0. The number of carbonyl (C=O) groups excluding carboxylic acids is 1. The summed E-state index contributed by atoms with van der Waals surface area (Å²) in [5.41, 5.74) is 4.74. The molecular weight excluding hydrogens is 372 g/mol. The maximum Gasteiger partial charge on any atom is 0.251 e. The topological polar surface area (TPSA) is 45.5 Å². The number of rotatable bonds is 5. The minimum atomic E-state index is -0.0515. The summed E-state index contributed by atoms with van der Waals surface area (Å²) < 4.78 is 5.74. The lowest BCUT2D eigenvalue weighted by molar-refractivity contribution is 0.0919. The van der Waals surface area contributed by atoms with Gasteiger partial charge in [-0.05, 0) is 52.8 Å². The van der Waals surface area contributed by atoms with Gasteiger partial charge in [0.05, 0.1) is 12.3 Å². The smallest absolute Gasteiger partial charge is 0.251 e. The SMILES string of the molecule is CC(C)(C)c1ccc(C(=O)NC[C@@H](c2ccco2)N2CCc3ccccc3C2)cc1. The van der Waals surface area contributed by atoms with Crippen molar-refractivity contribution < 1.29 is 9.21 Å². The van der Waals surface area contributed by atoms with Crippen LogP contribution in [0.5, 0.6) is 0 Å². The van der Waals surface area contributed by atoms with E-state index in [1.54, 1.807) is 6.26 Å². The Morgan fingerprint density at radius 2 is 1.77 bits per heavy atom. The van der Waals surface area contributed by atoms with Crippen LogP contribution in [0.2, 0.25) is 0 Å². The molecule has 0 radical (unpaired) electrons. The van der Waals surface area contributed by atoms with Crippen LogP contribution in [-0.4, -0.2) is 23.9 Å². The molecule has 0 aliphatic carbocycles. The van der Waals surface area contributed by atoms with E-state index in [1.807, 2.05) is 36.4 Å². The van der Waals surface area contributed by atoms with Gasteiger partial charge in [-0.3, -0.25) is 9.69 Å². The number of carbonyl (C=O) groups is 1. The van der Waals surface area contributed by atoms with Crippen molar-refractivity contribution in [1.29, 1.82) is 0 Å². The Kier molecular flexibility index (Phi) is 5.78. The fraction of sp³-hybridized carbons (Fsp3) is 0.346. The van der Waals surface area contributed by atoms with E-state index in [9.17, 15) is 4.79 Å². The Bertz CT molecular complexity index is 985. The van der Waals surface area contributed by atoms with Gasteiger partial charge in [0, 0.05) is 25.2 Å². The molecule has 1 atom stereocenters. The van der Waals surface area contributed by atoms with Crippen molar-refractivity contribution in [1.82, 2.24) is 10.2 Å². The van der Waals surface area contributed by atoms with Gasteiger partial charge in [-0.25, -0.2) is 0 Å². The number of furan rings is 1. The van der Waals surface area contributed by atoms with Gasteiger partial charge < -0.3 is 9.73 Å². The van der Waals surface area contributed by atoms with Crippen molar-refractivity contribution in [3.63, 3.8) is 0 Å². The lowest BCUT2D eigenvalue weighted by atomic mass is 9.87. The minimum Gasteiger partial charge on any atom is -0.468 e.